The molecule has 2 aromatic heterocycles. The molecule has 0 radical (unpaired) electrons. The fraction of sp³-hybridized carbons (Fsp3) is 0.500. The minimum absolute atomic E-state index is 0.00467. The highest BCUT2D eigenvalue weighted by molar-refractivity contribution is 7.90. The van der Waals surface area contributed by atoms with Crippen LogP contribution in [0.3, 0.4) is 0 Å². The number of benzene rings is 3. The maximum Gasteiger partial charge on any atom is 0.297 e. The molecule has 12 rings (SSSR count). The van der Waals surface area contributed by atoms with E-state index >= 15 is 0 Å². The zero-order valence-electron chi connectivity index (χ0n) is 42.6. The number of allylic oxidation sites excluding steroid dienone is 1. The quantitative estimate of drug-likeness (QED) is 0.0763. The number of pyridine rings is 1. The summed E-state index contributed by atoms with van der Waals surface area (Å²) in [6.07, 6.45) is 9.28. The van der Waals surface area contributed by atoms with E-state index in [1.807, 2.05) is 36.1 Å². The average Bonchev–Trinajstić information content (AvgIpc) is 3.93. The third kappa shape index (κ3) is 9.48. The number of aliphatic hydroxyl groups is 1. The average molecular weight is 1040 g/mol. The van der Waals surface area contributed by atoms with Crippen molar-refractivity contribution in [3.8, 4) is 11.6 Å². The minimum atomic E-state index is -4.72. The number of sulfonamides is 1. The van der Waals surface area contributed by atoms with Crippen LogP contribution in [0.25, 0.3) is 16.6 Å². The van der Waals surface area contributed by atoms with Crippen LogP contribution in [0.5, 0.6) is 11.6 Å². The van der Waals surface area contributed by atoms with Gasteiger partial charge in [-0.05, 0) is 124 Å². The molecular weight excluding hydrogens is 977 g/mol. The summed E-state index contributed by atoms with van der Waals surface area (Å²) in [5.74, 6) is -0.555. The summed E-state index contributed by atoms with van der Waals surface area (Å²) in [6, 6.07) is 20.7. The van der Waals surface area contributed by atoms with Gasteiger partial charge in [0.1, 0.15) is 24.0 Å². The zero-order valence-corrected chi connectivity index (χ0v) is 43.4. The van der Waals surface area contributed by atoms with Crippen molar-refractivity contribution in [3.63, 3.8) is 0 Å². The lowest BCUT2D eigenvalue weighted by Crippen LogP contribution is -2.56. The molecule has 7 heterocycles. The van der Waals surface area contributed by atoms with Gasteiger partial charge in [-0.3, -0.25) is 19.8 Å². The van der Waals surface area contributed by atoms with E-state index in [0.717, 1.165) is 87.7 Å². The van der Waals surface area contributed by atoms with Gasteiger partial charge < -0.3 is 44.2 Å². The molecule has 0 bridgehead atoms. The minimum Gasteiger partial charge on any atom is -0.489 e. The Bertz CT molecular complexity index is 3150. The number of aromatic amines is 1. The van der Waals surface area contributed by atoms with E-state index in [0.29, 0.717) is 74.4 Å². The maximum absolute atomic E-state index is 14.8. The van der Waals surface area contributed by atoms with Crippen LogP contribution in [0.1, 0.15) is 99.2 Å². The number of hydrogen-bond acceptors (Lipinski definition) is 15. The molecule has 18 nitrogen and oxygen atoms in total. The molecule has 5 aliphatic heterocycles. The second kappa shape index (κ2) is 19.4. The van der Waals surface area contributed by atoms with Gasteiger partial charge in [-0.15, -0.1) is 0 Å². The standard InChI is InChI=1S/C56H66N8O10S/c1-34(2)41-6-4-5-7-42(41)45-13-22-71-23-21-62(45)39-28-56(29-39)16-19-61(20-17-56)38-8-9-43(46(25-38)63-30-37-31-72-33-50(37)74-54-48(63)24-36-12-18-57-52(36)59-54)53(65)60-75(69,70)40-26-47(64(67)68)51-49(27-40)73-32-44(58-51)35-10-14-55(3,66)15-11-35/h4-9,12,18,24-27,35,37,39,44-45,50,58,66H,1,10-11,13-17,19-23,28-33H2,2-3H3,(H,57,59)(H,60,65)/t35?,37-,44-,45-,50-,55?/m0/s1. The predicted molar refractivity (Wildman–Crippen MR) is 284 cm³/mol. The Morgan fingerprint density at radius 2 is 1.72 bits per heavy atom. The molecule has 4 atom stereocenters. The van der Waals surface area contributed by atoms with Crippen LogP contribution >= 0.6 is 0 Å². The fourth-order valence-corrected chi connectivity index (χ4v) is 14.2. The van der Waals surface area contributed by atoms with Crippen LogP contribution in [0.4, 0.5) is 28.4 Å². The Balaban J connectivity index is 0.828. The molecule has 3 saturated heterocycles. The largest absolute Gasteiger partial charge is 0.489 e. The zero-order chi connectivity index (χ0) is 51.8. The van der Waals surface area contributed by atoms with Crippen molar-refractivity contribution >= 4 is 61.0 Å². The van der Waals surface area contributed by atoms with Gasteiger partial charge in [0.2, 0.25) is 5.88 Å². The highest BCUT2D eigenvalue weighted by Crippen LogP contribution is 2.54. The molecular formula is C56H66N8O10S. The van der Waals surface area contributed by atoms with Crippen molar-refractivity contribution in [2.45, 2.75) is 106 Å². The molecule has 75 heavy (non-hydrogen) atoms. The fourth-order valence-electron chi connectivity index (χ4n) is 13.2. The number of nitro groups is 1. The Hall–Kier alpha value is -6.25. The van der Waals surface area contributed by atoms with E-state index in [1.165, 1.54) is 17.2 Å². The second-order valence-corrected chi connectivity index (χ2v) is 24.2. The van der Waals surface area contributed by atoms with Gasteiger partial charge in [0.25, 0.3) is 21.6 Å². The number of fused-ring (bicyclic) bond motifs is 4. The lowest BCUT2D eigenvalue weighted by atomic mass is 9.59. The van der Waals surface area contributed by atoms with Crippen LogP contribution in [-0.2, 0) is 19.5 Å². The molecule has 0 unspecified atom stereocenters. The molecule has 19 heteroatoms. The van der Waals surface area contributed by atoms with Crippen LogP contribution in [0.15, 0.2) is 84.4 Å². The Morgan fingerprint density at radius 1 is 0.920 bits per heavy atom. The molecule has 4 N–H and O–H groups in total. The Morgan fingerprint density at radius 3 is 2.51 bits per heavy atom. The number of nitrogens with one attached hydrogen (secondary N) is 3. The topological polar surface area (TPSA) is 214 Å². The van der Waals surface area contributed by atoms with Crippen molar-refractivity contribution in [2.75, 3.05) is 74.3 Å². The monoisotopic (exact) mass is 1040 g/mol. The van der Waals surface area contributed by atoms with Crippen molar-refractivity contribution < 1.29 is 42.2 Å². The van der Waals surface area contributed by atoms with Crippen molar-refractivity contribution in [2.24, 2.45) is 17.3 Å². The summed E-state index contributed by atoms with van der Waals surface area (Å²) in [6.45, 7) is 13.5. The first kappa shape index (κ1) is 49.6. The summed E-state index contributed by atoms with van der Waals surface area (Å²) in [5, 5.41) is 27.2. The second-order valence-electron chi connectivity index (χ2n) is 22.5. The summed E-state index contributed by atoms with van der Waals surface area (Å²) in [7, 11) is -4.72. The van der Waals surface area contributed by atoms with Gasteiger partial charge in [0, 0.05) is 80.2 Å². The molecule has 7 aliphatic rings. The summed E-state index contributed by atoms with van der Waals surface area (Å²) >= 11 is 0. The number of nitrogens with zero attached hydrogens (tertiary/aromatic N) is 5. The predicted octanol–water partition coefficient (Wildman–Crippen LogP) is 8.50. The van der Waals surface area contributed by atoms with Crippen LogP contribution < -0.4 is 29.3 Å². The normalized spacial score (nSPS) is 26.8. The van der Waals surface area contributed by atoms with Crippen molar-refractivity contribution in [3.05, 3.63) is 106 Å². The van der Waals surface area contributed by atoms with E-state index in [-0.39, 0.29) is 59.0 Å². The highest BCUT2D eigenvalue weighted by atomic mass is 32.2. The van der Waals surface area contributed by atoms with E-state index in [4.69, 9.17) is 23.9 Å². The lowest BCUT2D eigenvalue weighted by Gasteiger charge is -2.56. The first-order valence-corrected chi connectivity index (χ1v) is 28.1. The van der Waals surface area contributed by atoms with Crippen molar-refractivity contribution in [1.29, 1.82) is 0 Å². The number of nitro benzene ring substituents is 1. The van der Waals surface area contributed by atoms with Gasteiger partial charge >= 0.3 is 0 Å². The number of ether oxygens (including phenoxy) is 4. The van der Waals surface area contributed by atoms with E-state index in [9.17, 15) is 28.4 Å². The summed E-state index contributed by atoms with van der Waals surface area (Å²) < 4.78 is 55.7. The first-order chi connectivity index (χ1) is 36.1. The molecule has 1 amide bonds. The van der Waals surface area contributed by atoms with E-state index in [2.05, 4.69) is 62.6 Å². The van der Waals surface area contributed by atoms with E-state index in [1.54, 1.807) is 12.3 Å². The number of aromatic nitrogens is 2. The third-order valence-electron chi connectivity index (χ3n) is 17.5. The maximum atomic E-state index is 14.8. The highest BCUT2D eigenvalue weighted by Gasteiger charge is 2.50. The number of piperidine rings is 1. The van der Waals surface area contributed by atoms with Gasteiger partial charge in [-0.1, -0.05) is 36.4 Å². The third-order valence-corrected chi connectivity index (χ3v) is 18.8. The number of hydrogen-bond donors (Lipinski definition) is 4. The molecule has 3 aromatic carbocycles. The van der Waals surface area contributed by atoms with Gasteiger partial charge in [0.05, 0.1) is 52.5 Å². The Labute approximate surface area is 436 Å². The van der Waals surface area contributed by atoms with Crippen LogP contribution in [0, 0.1) is 27.4 Å². The Kier molecular flexibility index (Phi) is 12.8. The summed E-state index contributed by atoms with van der Waals surface area (Å²) in [4.78, 5) is 41.4. The lowest BCUT2D eigenvalue weighted by molar-refractivity contribution is -0.384. The molecule has 396 valence electrons. The number of amides is 1. The van der Waals surface area contributed by atoms with Crippen LogP contribution in [0.2, 0.25) is 0 Å². The molecule has 1 spiro atoms. The number of carbonyl (C=O) groups excluding carboxylic acids is 1. The number of carbonyl (C=O) groups is 1. The first-order valence-electron chi connectivity index (χ1n) is 26.6. The molecule has 5 fully saturated rings. The molecule has 2 saturated carbocycles. The summed E-state index contributed by atoms with van der Waals surface area (Å²) in [5.41, 5.74) is 5.37. The van der Waals surface area contributed by atoms with Crippen LogP contribution in [-0.4, -0.2) is 122 Å². The van der Waals surface area contributed by atoms with Gasteiger partial charge in [0.15, 0.2) is 11.4 Å². The molecule has 2 aliphatic carbocycles. The van der Waals surface area contributed by atoms with Crippen molar-refractivity contribution in [1.82, 2.24) is 19.6 Å². The SMILES string of the molecule is C=C(C)c1ccccc1[C@@H]1CCOCCN1C1CC2(CCN(c3ccc(C(=O)NS(=O)(=O)c4cc5c(c([N+](=O)[O-])c4)N[C@H](C4CCC(C)(O)CC4)CO5)c(N4C[C@H]5COC[C@@H]5Oc5nc6[nH]ccc6cc54)c3)CC2)C1. The number of anilines is 4. The van der Waals surface area contributed by atoms with Gasteiger partial charge in [-0.25, -0.2) is 13.1 Å². The number of rotatable bonds is 10. The van der Waals surface area contributed by atoms with E-state index < -0.39 is 37.0 Å². The number of H-pyrrole nitrogens is 1. The smallest absolute Gasteiger partial charge is 0.297 e. The molecule has 5 aromatic rings. The van der Waals surface area contributed by atoms with Gasteiger partial charge in [-0.2, -0.15) is 4.98 Å².